The first-order valence-corrected chi connectivity index (χ1v) is 8.96. The lowest BCUT2D eigenvalue weighted by Crippen LogP contribution is -2.24. The first-order chi connectivity index (χ1) is 13.5. The van der Waals surface area contributed by atoms with E-state index in [1.54, 1.807) is 23.3 Å². The van der Waals surface area contributed by atoms with Crippen LogP contribution in [0.3, 0.4) is 0 Å². The number of amides is 1. The van der Waals surface area contributed by atoms with Gasteiger partial charge in [0.15, 0.2) is 5.69 Å². The quantitative estimate of drug-likeness (QED) is 0.614. The predicted molar refractivity (Wildman–Crippen MR) is 107 cm³/mol. The largest absolute Gasteiger partial charge is 0.386 e. The van der Waals surface area contributed by atoms with Crippen molar-refractivity contribution in [1.29, 1.82) is 5.26 Å². The maximum absolute atomic E-state index is 12.4. The van der Waals surface area contributed by atoms with Crippen LogP contribution in [0.15, 0.2) is 43.0 Å². The van der Waals surface area contributed by atoms with Crippen LogP contribution in [0.5, 0.6) is 0 Å². The average Bonchev–Trinajstić information content (AvgIpc) is 3.13. The summed E-state index contributed by atoms with van der Waals surface area (Å²) in [6, 6.07) is 5.77. The SMILES string of the molecule is C=CN/C=C(/Cn1cc(C(=O)NCc2c(C)cc(C#N)cc2C)nn1)NCC. The molecular formula is C20H25N7O. The van der Waals surface area contributed by atoms with Crippen molar-refractivity contribution in [3.05, 3.63) is 71.0 Å². The zero-order valence-electron chi connectivity index (χ0n) is 16.4. The molecule has 2 rings (SSSR count). The molecule has 0 saturated heterocycles. The van der Waals surface area contributed by atoms with E-state index in [1.165, 1.54) is 0 Å². The molecule has 146 valence electrons. The van der Waals surface area contributed by atoms with Gasteiger partial charge >= 0.3 is 0 Å². The number of allylic oxidation sites excluding steroid dienone is 1. The van der Waals surface area contributed by atoms with Gasteiger partial charge in [0.05, 0.1) is 24.4 Å². The number of benzene rings is 1. The summed E-state index contributed by atoms with van der Waals surface area (Å²) in [7, 11) is 0. The topological polar surface area (TPSA) is 108 Å². The van der Waals surface area contributed by atoms with Gasteiger partial charge in [-0.2, -0.15) is 5.26 Å². The highest BCUT2D eigenvalue weighted by Gasteiger charge is 2.13. The number of nitrogens with one attached hydrogen (secondary N) is 3. The lowest BCUT2D eigenvalue weighted by atomic mass is 9.99. The van der Waals surface area contributed by atoms with Crippen LogP contribution < -0.4 is 16.0 Å². The zero-order chi connectivity index (χ0) is 20.5. The van der Waals surface area contributed by atoms with Crippen LogP contribution in [0.4, 0.5) is 0 Å². The Morgan fingerprint density at radius 3 is 2.64 bits per heavy atom. The van der Waals surface area contributed by atoms with E-state index in [0.29, 0.717) is 18.7 Å². The molecule has 0 aliphatic rings. The average molecular weight is 379 g/mol. The third-order valence-electron chi connectivity index (χ3n) is 4.13. The first-order valence-electron chi connectivity index (χ1n) is 8.96. The third-order valence-corrected chi connectivity index (χ3v) is 4.13. The van der Waals surface area contributed by atoms with Crippen LogP contribution in [0, 0.1) is 25.2 Å². The summed E-state index contributed by atoms with van der Waals surface area (Å²) < 4.78 is 1.59. The molecule has 1 heterocycles. The monoisotopic (exact) mass is 379 g/mol. The van der Waals surface area contributed by atoms with Crippen LogP contribution >= 0.6 is 0 Å². The maximum Gasteiger partial charge on any atom is 0.273 e. The van der Waals surface area contributed by atoms with Gasteiger partial charge in [-0.05, 0) is 55.8 Å². The zero-order valence-corrected chi connectivity index (χ0v) is 16.4. The van der Waals surface area contributed by atoms with E-state index >= 15 is 0 Å². The smallest absolute Gasteiger partial charge is 0.273 e. The van der Waals surface area contributed by atoms with Gasteiger partial charge in [-0.25, -0.2) is 4.68 Å². The Bertz CT molecular complexity index is 898. The third kappa shape index (κ3) is 5.45. The van der Waals surface area contributed by atoms with E-state index in [1.807, 2.05) is 32.9 Å². The van der Waals surface area contributed by atoms with Crippen LogP contribution in [0.25, 0.3) is 0 Å². The van der Waals surface area contributed by atoms with Gasteiger partial charge < -0.3 is 16.0 Å². The molecule has 0 radical (unpaired) electrons. The van der Waals surface area contributed by atoms with Crippen LogP contribution in [0.2, 0.25) is 0 Å². The lowest BCUT2D eigenvalue weighted by molar-refractivity contribution is 0.0945. The van der Waals surface area contributed by atoms with Gasteiger partial charge in [-0.15, -0.1) is 5.10 Å². The predicted octanol–water partition coefficient (Wildman–Crippen LogP) is 1.88. The van der Waals surface area contributed by atoms with Crippen LogP contribution in [0.1, 0.15) is 39.7 Å². The fourth-order valence-electron chi connectivity index (χ4n) is 2.79. The minimum atomic E-state index is -0.299. The van der Waals surface area contributed by atoms with Gasteiger partial charge in [0.25, 0.3) is 5.91 Å². The highest BCUT2D eigenvalue weighted by molar-refractivity contribution is 5.91. The summed E-state index contributed by atoms with van der Waals surface area (Å²) in [5, 5.41) is 26.0. The van der Waals surface area contributed by atoms with E-state index in [9.17, 15) is 4.79 Å². The summed E-state index contributed by atoms with van der Waals surface area (Å²) in [6.45, 7) is 11.0. The van der Waals surface area contributed by atoms with Crippen molar-refractivity contribution in [3.8, 4) is 6.07 Å². The fraction of sp³-hybridized carbons (Fsp3) is 0.300. The Morgan fingerprint density at radius 1 is 1.32 bits per heavy atom. The number of likely N-dealkylation sites (N-methyl/N-ethyl adjacent to an activating group) is 1. The number of aryl methyl sites for hydroxylation is 2. The minimum absolute atomic E-state index is 0.247. The van der Waals surface area contributed by atoms with Crippen molar-refractivity contribution in [2.45, 2.75) is 33.9 Å². The van der Waals surface area contributed by atoms with E-state index < -0.39 is 0 Å². The van der Waals surface area contributed by atoms with Crippen molar-refractivity contribution in [3.63, 3.8) is 0 Å². The van der Waals surface area contributed by atoms with Crippen molar-refractivity contribution in [2.75, 3.05) is 6.54 Å². The molecule has 8 heteroatoms. The summed E-state index contributed by atoms with van der Waals surface area (Å²) in [5.74, 6) is -0.299. The molecule has 3 N–H and O–H groups in total. The molecule has 0 bridgehead atoms. The molecule has 0 aliphatic carbocycles. The Labute approximate surface area is 164 Å². The highest BCUT2D eigenvalue weighted by atomic mass is 16.2. The molecule has 2 aromatic rings. The Balaban J connectivity index is 2.03. The number of nitriles is 1. The standard InChI is InChI=1S/C20H25N7O/c1-5-22-10-17(23-6-2)12-27-13-19(25-26-27)20(28)24-11-18-14(3)7-16(9-21)8-15(18)4/h5,7-8,10,13,22-23H,1,6,11-12H2,2-4H3,(H,24,28)/b17-10-. The summed E-state index contributed by atoms with van der Waals surface area (Å²) in [5.41, 5.74) is 4.68. The summed E-state index contributed by atoms with van der Waals surface area (Å²) in [4.78, 5) is 12.4. The Hall–Kier alpha value is -3.60. The molecule has 28 heavy (non-hydrogen) atoms. The molecule has 0 unspecified atom stereocenters. The maximum atomic E-state index is 12.4. The molecule has 8 nitrogen and oxygen atoms in total. The van der Waals surface area contributed by atoms with Gasteiger partial charge in [0, 0.05) is 25.0 Å². The molecular weight excluding hydrogens is 354 g/mol. The molecule has 1 aromatic carbocycles. The molecule has 1 amide bonds. The number of carbonyl (C=O) groups excluding carboxylic acids is 1. The second-order valence-corrected chi connectivity index (χ2v) is 6.26. The fourth-order valence-corrected chi connectivity index (χ4v) is 2.79. The highest BCUT2D eigenvalue weighted by Crippen LogP contribution is 2.16. The van der Waals surface area contributed by atoms with E-state index in [-0.39, 0.29) is 11.6 Å². The first kappa shape index (κ1) is 20.7. The second-order valence-electron chi connectivity index (χ2n) is 6.26. The van der Waals surface area contributed by atoms with Gasteiger partial charge in [-0.1, -0.05) is 11.8 Å². The van der Waals surface area contributed by atoms with E-state index in [0.717, 1.165) is 28.9 Å². The number of aromatic nitrogens is 3. The van der Waals surface area contributed by atoms with Crippen molar-refractivity contribution in [1.82, 2.24) is 30.9 Å². The van der Waals surface area contributed by atoms with Crippen LogP contribution in [-0.2, 0) is 13.1 Å². The van der Waals surface area contributed by atoms with Crippen molar-refractivity contribution < 1.29 is 4.79 Å². The van der Waals surface area contributed by atoms with Gasteiger partial charge in [0.1, 0.15) is 0 Å². The number of hydrogen-bond acceptors (Lipinski definition) is 6. The lowest BCUT2D eigenvalue weighted by Gasteiger charge is -2.11. The number of rotatable bonds is 9. The Morgan fingerprint density at radius 2 is 2.04 bits per heavy atom. The van der Waals surface area contributed by atoms with Crippen molar-refractivity contribution >= 4 is 5.91 Å². The minimum Gasteiger partial charge on any atom is -0.386 e. The summed E-state index contributed by atoms with van der Waals surface area (Å²) in [6.07, 6.45) is 4.96. The number of hydrogen-bond donors (Lipinski definition) is 3. The van der Waals surface area contributed by atoms with E-state index in [4.69, 9.17) is 5.26 Å². The van der Waals surface area contributed by atoms with Crippen LogP contribution in [-0.4, -0.2) is 27.4 Å². The molecule has 0 fully saturated rings. The van der Waals surface area contributed by atoms with Gasteiger partial charge in [0.2, 0.25) is 0 Å². The molecule has 0 atom stereocenters. The normalized spacial score (nSPS) is 10.9. The molecule has 0 saturated carbocycles. The number of carbonyl (C=O) groups is 1. The second kappa shape index (κ2) is 9.92. The van der Waals surface area contributed by atoms with Crippen molar-refractivity contribution in [2.24, 2.45) is 0 Å². The molecule has 0 aliphatic heterocycles. The molecule has 1 aromatic heterocycles. The molecule has 0 spiro atoms. The van der Waals surface area contributed by atoms with E-state index in [2.05, 4.69) is 38.9 Å². The Kier molecular flexibility index (Phi) is 7.34. The van der Waals surface area contributed by atoms with Gasteiger partial charge in [-0.3, -0.25) is 4.79 Å². The number of nitrogens with zero attached hydrogens (tertiary/aromatic N) is 4. The summed E-state index contributed by atoms with van der Waals surface area (Å²) >= 11 is 0.